The van der Waals surface area contributed by atoms with E-state index in [2.05, 4.69) is 4.98 Å². The molecule has 0 aliphatic carbocycles. The minimum Gasteiger partial charge on any atom is -0.507 e. The normalized spacial score (nSPS) is 17.8. The average Bonchev–Trinajstić information content (AvgIpc) is 3.10. The smallest absolute Gasteiger partial charge is 0.300 e. The Morgan fingerprint density at radius 1 is 0.875 bits per heavy atom. The zero-order chi connectivity index (χ0) is 22.2. The molecular formula is C26H17FN2O3. The number of carbonyl (C=O) groups excluding carboxylic acids is 2. The van der Waals surface area contributed by atoms with Gasteiger partial charge in [0.2, 0.25) is 0 Å². The molecule has 32 heavy (non-hydrogen) atoms. The summed E-state index contributed by atoms with van der Waals surface area (Å²) in [4.78, 5) is 31.5. The second kappa shape index (κ2) is 7.74. The minimum atomic E-state index is -0.880. The fraction of sp³-hybridized carbons (Fsp3) is 0.0385. The SMILES string of the molecule is O=C1C(=O)N(c2ccc(F)cc2)C(c2ccncc2)/C1=C(/O)c1ccc2ccccc2c1. The zero-order valence-corrected chi connectivity index (χ0v) is 16.8. The summed E-state index contributed by atoms with van der Waals surface area (Å²) in [6, 6.07) is 20.8. The van der Waals surface area contributed by atoms with E-state index >= 15 is 0 Å². The number of amides is 1. The van der Waals surface area contributed by atoms with Gasteiger partial charge in [-0.2, -0.15) is 0 Å². The van der Waals surface area contributed by atoms with Gasteiger partial charge < -0.3 is 5.11 Å². The van der Waals surface area contributed by atoms with Crippen molar-refractivity contribution in [3.63, 3.8) is 0 Å². The Morgan fingerprint density at radius 3 is 2.28 bits per heavy atom. The van der Waals surface area contributed by atoms with E-state index in [-0.39, 0.29) is 11.3 Å². The number of hydrogen-bond acceptors (Lipinski definition) is 4. The molecule has 4 aromatic rings. The van der Waals surface area contributed by atoms with Crippen LogP contribution in [-0.2, 0) is 9.59 Å². The molecule has 1 aliphatic heterocycles. The van der Waals surface area contributed by atoms with Crippen LogP contribution in [0.3, 0.4) is 0 Å². The Bertz CT molecular complexity index is 1380. The number of aromatic nitrogens is 1. The van der Waals surface area contributed by atoms with Crippen molar-refractivity contribution in [2.45, 2.75) is 6.04 Å². The maximum absolute atomic E-state index is 13.5. The Balaban J connectivity index is 1.72. The van der Waals surface area contributed by atoms with Crippen molar-refractivity contribution in [2.24, 2.45) is 0 Å². The number of nitrogens with zero attached hydrogens (tertiary/aromatic N) is 2. The molecule has 0 saturated carbocycles. The second-order valence-electron chi connectivity index (χ2n) is 7.49. The lowest BCUT2D eigenvalue weighted by molar-refractivity contribution is -0.132. The molecule has 1 unspecified atom stereocenters. The highest BCUT2D eigenvalue weighted by Crippen LogP contribution is 2.42. The van der Waals surface area contributed by atoms with Crippen LogP contribution in [0.1, 0.15) is 17.2 Å². The molecule has 2 heterocycles. The van der Waals surface area contributed by atoms with Crippen LogP contribution in [0.15, 0.2) is 96.8 Å². The number of Topliss-reactive ketones (excluding diaryl/α,β-unsaturated/α-hetero) is 1. The van der Waals surface area contributed by atoms with Gasteiger partial charge in [0.15, 0.2) is 0 Å². The minimum absolute atomic E-state index is 0.0270. The molecule has 0 radical (unpaired) electrons. The highest BCUT2D eigenvalue weighted by Gasteiger charge is 2.46. The molecule has 1 aliphatic rings. The number of aliphatic hydroxyl groups is 1. The van der Waals surface area contributed by atoms with Crippen LogP contribution in [0.25, 0.3) is 16.5 Å². The van der Waals surface area contributed by atoms with Gasteiger partial charge in [-0.15, -0.1) is 0 Å². The van der Waals surface area contributed by atoms with Gasteiger partial charge in [-0.25, -0.2) is 4.39 Å². The highest BCUT2D eigenvalue weighted by molar-refractivity contribution is 6.51. The molecular weight excluding hydrogens is 407 g/mol. The van der Waals surface area contributed by atoms with Crippen molar-refractivity contribution in [1.82, 2.24) is 4.98 Å². The van der Waals surface area contributed by atoms with Gasteiger partial charge in [-0.1, -0.05) is 36.4 Å². The first-order valence-electron chi connectivity index (χ1n) is 10.0. The Morgan fingerprint density at radius 2 is 1.56 bits per heavy atom. The topological polar surface area (TPSA) is 70.5 Å². The number of rotatable bonds is 3. The summed E-state index contributed by atoms with van der Waals surface area (Å²) in [5, 5.41) is 13.1. The summed E-state index contributed by atoms with van der Waals surface area (Å²) in [6.45, 7) is 0. The van der Waals surface area contributed by atoms with Gasteiger partial charge in [-0.3, -0.25) is 19.5 Å². The van der Waals surface area contributed by atoms with Gasteiger partial charge in [0.1, 0.15) is 11.6 Å². The van der Waals surface area contributed by atoms with Gasteiger partial charge in [-0.05, 0) is 58.8 Å². The molecule has 1 fully saturated rings. The monoisotopic (exact) mass is 424 g/mol. The molecule has 5 rings (SSSR count). The summed E-state index contributed by atoms with van der Waals surface area (Å²) in [7, 11) is 0. The maximum Gasteiger partial charge on any atom is 0.300 e. The first-order chi connectivity index (χ1) is 15.5. The number of halogens is 1. The van der Waals surface area contributed by atoms with E-state index < -0.39 is 23.5 Å². The standard InChI is InChI=1S/C26H17FN2O3/c27-20-7-9-21(10-8-20)29-23(17-11-13-28-14-12-17)22(25(31)26(29)32)24(30)19-6-5-16-3-1-2-4-18(16)15-19/h1-15,23,30H/b24-22-. The van der Waals surface area contributed by atoms with E-state index in [9.17, 15) is 19.1 Å². The van der Waals surface area contributed by atoms with Crippen LogP contribution in [-0.4, -0.2) is 21.8 Å². The molecule has 1 N–H and O–H groups in total. The molecule has 1 aromatic heterocycles. The molecule has 156 valence electrons. The second-order valence-corrected chi connectivity index (χ2v) is 7.49. The number of fused-ring (bicyclic) bond motifs is 1. The Hall–Kier alpha value is -4.32. The van der Waals surface area contributed by atoms with Crippen molar-refractivity contribution in [2.75, 3.05) is 4.90 Å². The molecule has 0 spiro atoms. The number of carbonyl (C=O) groups is 2. The van der Waals surface area contributed by atoms with Crippen molar-refractivity contribution < 1.29 is 19.1 Å². The van der Waals surface area contributed by atoms with Gasteiger partial charge in [0, 0.05) is 23.6 Å². The Labute approximate surface area is 183 Å². The van der Waals surface area contributed by atoms with E-state index in [1.807, 2.05) is 30.3 Å². The Kier molecular flexibility index (Phi) is 4.75. The number of benzene rings is 3. The number of hydrogen-bond donors (Lipinski definition) is 1. The molecule has 1 atom stereocenters. The molecule has 1 amide bonds. The van der Waals surface area contributed by atoms with Gasteiger partial charge in [0.05, 0.1) is 11.6 Å². The van der Waals surface area contributed by atoms with Gasteiger partial charge in [0.25, 0.3) is 11.7 Å². The van der Waals surface area contributed by atoms with Crippen molar-refractivity contribution >= 4 is 33.9 Å². The predicted molar refractivity (Wildman–Crippen MR) is 119 cm³/mol. The highest BCUT2D eigenvalue weighted by atomic mass is 19.1. The molecule has 6 heteroatoms. The number of pyridine rings is 1. The molecule has 1 saturated heterocycles. The van der Waals surface area contributed by atoms with Crippen LogP contribution in [0.5, 0.6) is 0 Å². The van der Waals surface area contributed by atoms with Gasteiger partial charge >= 0.3 is 0 Å². The van der Waals surface area contributed by atoms with Crippen molar-refractivity contribution in [1.29, 1.82) is 0 Å². The maximum atomic E-state index is 13.5. The lowest BCUT2D eigenvalue weighted by Gasteiger charge is -2.25. The number of ketones is 1. The lowest BCUT2D eigenvalue weighted by Crippen LogP contribution is -2.29. The summed E-state index contributed by atoms with van der Waals surface area (Å²) in [6.07, 6.45) is 3.10. The summed E-state index contributed by atoms with van der Waals surface area (Å²) in [5.41, 5.74) is 1.36. The van der Waals surface area contributed by atoms with E-state index in [0.717, 1.165) is 10.8 Å². The third-order valence-electron chi connectivity index (χ3n) is 5.59. The fourth-order valence-electron chi connectivity index (χ4n) is 4.05. The van der Waals surface area contributed by atoms with E-state index in [1.54, 1.807) is 36.7 Å². The van der Waals surface area contributed by atoms with Crippen LogP contribution in [0.2, 0.25) is 0 Å². The van der Waals surface area contributed by atoms with Crippen LogP contribution < -0.4 is 4.90 Å². The third-order valence-corrected chi connectivity index (χ3v) is 5.59. The number of anilines is 1. The summed E-state index contributed by atoms with van der Waals surface area (Å²) >= 11 is 0. The molecule has 0 bridgehead atoms. The van der Waals surface area contributed by atoms with Crippen LogP contribution in [0.4, 0.5) is 10.1 Å². The first-order valence-corrected chi connectivity index (χ1v) is 10.0. The first kappa shape index (κ1) is 19.6. The largest absolute Gasteiger partial charge is 0.507 e. The zero-order valence-electron chi connectivity index (χ0n) is 16.8. The van der Waals surface area contributed by atoms with E-state index in [0.29, 0.717) is 16.8 Å². The third kappa shape index (κ3) is 3.22. The summed E-state index contributed by atoms with van der Waals surface area (Å²) < 4.78 is 13.5. The molecule has 3 aromatic carbocycles. The van der Waals surface area contributed by atoms with Crippen molar-refractivity contribution in [3.05, 3.63) is 114 Å². The fourth-order valence-corrected chi connectivity index (χ4v) is 4.05. The molecule has 5 nitrogen and oxygen atoms in total. The quantitative estimate of drug-likeness (QED) is 0.285. The number of aliphatic hydroxyl groups excluding tert-OH is 1. The van der Waals surface area contributed by atoms with Crippen LogP contribution in [0, 0.1) is 5.82 Å². The lowest BCUT2D eigenvalue weighted by atomic mass is 9.95. The van der Waals surface area contributed by atoms with Crippen LogP contribution >= 0.6 is 0 Å². The summed E-state index contributed by atoms with van der Waals surface area (Å²) in [5.74, 6) is -2.31. The average molecular weight is 424 g/mol. The van der Waals surface area contributed by atoms with Crippen molar-refractivity contribution in [3.8, 4) is 0 Å². The van der Waals surface area contributed by atoms with E-state index in [4.69, 9.17) is 0 Å². The predicted octanol–water partition coefficient (Wildman–Crippen LogP) is 5.00. The van der Waals surface area contributed by atoms with E-state index in [1.165, 1.54) is 29.2 Å².